The Morgan fingerprint density at radius 3 is 1.68 bits per heavy atom. The molecule has 0 saturated heterocycles. The van der Waals surface area contributed by atoms with E-state index in [1.807, 2.05) is 13.0 Å². The molecular weight excluding hydrogens is 238 g/mol. The van der Waals surface area contributed by atoms with E-state index in [-0.39, 0.29) is 0 Å². The number of carbonyl (C=O) groups is 1. The smallest absolute Gasteiger partial charge is 0.303 e. The summed E-state index contributed by atoms with van der Waals surface area (Å²) in [6.07, 6.45) is 13.2. The summed E-state index contributed by atoms with van der Waals surface area (Å²) in [6.45, 7) is 4.22. The summed E-state index contributed by atoms with van der Waals surface area (Å²) in [4.78, 5) is 10.2. The van der Waals surface area contributed by atoms with Crippen LogP contribution < -0.4 is 0 Å². The van der Waals surface area contributed by atoms with E-state index >= 15 is 0 Å². The van der Waals surface area contributed by atoms with Crippen LogP contribution in [0.2, 0.25) is 0 Å². The summed E-state index contributed by atoms with van der Waals surface area (Å²) < 4.78 is 0. The first-order valence-electron chi connectivity index (χ1n) is 7.77. The van der Waals surface area contributed by atoms with Gasteiger partial charge >= 0.3 is 5.97 Å². The highest BCUT2D eigenvalue weighted by atomic mass is 16.4. The predicted octanol–water partition coefficient (Wildman–Crippen LogP) is 5.30. The lowest BCUT2D eigenvalue weighted by Gasteiger charge is -2.00. The van der Waals surface area contributed by atoms with Crippen molar-refractivity contribution in [2.45, 2.75) is 90.9 Å². The molecule has 0 rings (SSSR count). The second-order valence-electron chi connectivity index (χ2n) is 4.88. The van der Waals surface area contributed by atoms with Crippen molar-refractivity contribution in [1.82, 2.24) is 0 Å². The number of rotatable bonds is 11. The van der Waals surface area contributed by atoms with Crippen molar-refractivity contribution in [2.24, 2.45) is 0 Å². The lowest BCUT2D eigenvalue weighted by molar-refractivity contribution is -0.137. The van der Waals surface area contributed by atoms with Crippen molar-refractivity contribution in [3.63, 3.8) is 0 Å². The standard InChI is InChI=1S/C12H24O2.C4H7N/c1-2-3-4-5-6-7-8-9-10-11-12(13)14;1-2-3-4-5/h2-11H2,1H3,(H,13,14);2-3H2,1H3. The highest BCUT2D eigenvalue weighted by Gasteiger charge is 1.96. The van der Waals surface area contributed by atoms with Gasteiger partial charge in [-0.25, -0.2) is 0 Å². The van der Waals surface area contributed by atoms with Crippen LogP contribution in [0.15, 0.2) is 0 Å². The van der Waals surface area contributed by atoms with Gasteiger partial charge in [0.1, 0.15) is 0 Å². The highest BCUT2D eigenvalue weighted by Crippen LogP contribution is 2.10. The minimum Gasteiger partial charge on any atom is -0.481 e. The Hall–Kier alpha value is -1.04. The Bertz CT molecular complexity index is 221. The van der Waals surface area contributed by atoms with Crippen molar-refractivity contribution in [1.29, 1.82) is 5.26 Å². The van der Waals surface area contributed by atoms with Crippen molar-refractivity contribution in [3.8, 4) is 6.07 Å². The minimum absolute atomic E-state index is 0.343. The molecule has 0 aliphatic rings. The summed E-state index contributed by atoms with van der Waals surface area (Å²) in [6, 6.07) is 2.02. The first kappa shape index (κ1) is 20.3. The van der Waals surface area contributed by atoms with Gasteiger partial charge in [0.25, 0.3) is 0 Å². The molecule has 19 heavy (non-hydrogen) atoms. The second-order valence-corrected chi connectivity index (χ2v) is 4.88. The number of carboxylic acid groups (broad SMARTS) is 1. The Morgan fingerprint density at radius 1 is 0.895 bits per heavy atom. The topological polar surface area (TPSA) is 61.1 Å². The molecule has 0 aliphatic carbocycles. The number of nitriles is 1. The largest absolute Gasteiger partial charge is 0.481 e. The number of hydrogen-bond acceptors (Lipinski definition) is 2. The zero-order chi connectivity index (χ0) is 14.8. The zero-order valence-corrected chi connectivity index (χ0v) is 12.8. The molecule has 0 unspecified atom stereocenters. The average molecular weight is 269 g/mol. The molecule has 0 aliphatic heterocycles. The summed E-state index contributed by atoms with van der Waals surface area (Å²) in [5.74, 6) is -0.659. The molecule has 0 saturated carbocycles. The van der Waals surface area contributed by atoms with Crippen molar-refractivity contribution >= 4 is 5.97 Å². The average Bonchev–Trinajstić information content (AvgIpc) is 2.38. The highest BCUT2D eigenvalue weighted by molar-refractivity contribution is 5.66. The molecule has 3 heteroatoms. The first-order valence-corrected chi connectivity index (χ1v) is 7.77. The van der Waals surface area contributed by atoms with Gasteiger partial charge < -0.3 is 5.11 Å². The third-order valence-corrected chi connectivity index (χ3v) is 2.86. The van der Waals surface area contributed by atoms with Gasteiger partial charge in [-0.15, -0.1) is 0 Å². The molecule has 0 aromatic carbocycles. The minimum atomic E-state index is -0.659. The van der Waals surface area contributed by atoms with E-state index in [0.29, 0.717) is 12.8 Å². The van der Waals surface area contributed by atoms with Gasteiger partial charge in [-0.05, 0) is 12.8 Å². The molecule has 1 N–H and O–H groups in total. The maximum absolute atomic E-state index is 10.2. The van der Waals surface area contributed by atoms with Gasteiger partial charge in [0.15, 0.2) is 0 Å². The molecule has 0 aromatic heterocycles. The molecule has 3 nitrogen and oxygen atoms in total. The third-order valence-electron chi connectivity index (χ3n) is 2.86. The normalized spacial score (nSPS) is 9.32. The van der Waals surface area contributed by atoms with Gasteiger partial charge in [-0.1, -0.05) is 65.2 Å². The van der Waals surface area contributed by atoms with Crippen molar-refractivity contribution in [2.75, 3.05) is 0 Å². The Morgan fingerprint density at radius 2 is 1.37 bits per heavy atom. The van der Waals surface area contributed by atoms with Crippen LogP contribution in [-0.4, -0.2) is 11.1 Å². The fraction of sp³-hybridized carbons (Fsp3) is 0.875. The molecule has 0 radical (unpaired) electrons. The molecule has 112 valence electrons. The summed E-state index contributed by atoms with van der Waals surface area (Å²) in [7, 11) is 0. The quantitative estimate of drug-likeness (QED) is 0.517. The van der Waals surface area contributed by atoms with Gasteiger partial charge in [-0.2, -0.15) is 5.26 Å². The number of unbranched alkanes of at least 4 members (excludes halogenated alkanes) is 9. The molecule has 0 amide bonds. The van der Waals surface area contributed by atoms with Crippen molar-refractivity contribution in [3.05, 3.63) is 0 Å². The maximum atomic E-state index is 10.2. The molecule has 0 heterocycles. The number of carboxylic acids is 1. The van der Waals surface area contributed by atoms with E-state index in [4.69, 9.17) is 10.4 Å². The second kappa shape index (κ2) is 19.3. The van der Waals surface area contributed by atoms with Crippen LogP contribution in [0.1, 0.15) is 90.9 Å². The van der Waals surface area contributed by atoms with Gasteiger partial charge in [0, 0.05) is 12.8 Å². The number of aliphatic carboxylic acids is 1. The molecule has 0 atom stereocenters. The van der Waals surface area contributed by atoms with E-state index < -0.39 is 5.97 Å². The van der Waals surface area contributed by atoms with E-state index in [0.717, 1.165) is 19.3 Å². The Kier molecular flexibility index (Phi) is 20.6. The fourth-order valence-corrected chi connectivity index (χ4v) is 1.70. The fourth-order valence-electron chi connectivity index (χ4n) is 1.70. The predicted molar refractivity (Wildman–Crippen MR) is 80.0 cm³/mol. The van der Waals surface area contributed by atoms with Crippen LogP contribution in [0.3, 0.4) is 0 Å². The lowest BCUT2D eigenvalue weighted by Crippen LogP contribution is -1.93. The lowest BCUT2D eigenvalue weighted by atomic mass is 10.1. The van der Waals surface area contributed by atoms with Crippen LogP contribution in [0.5, 0.6) is 0 Å². The third kappa shape index (κ3) is 26.5. The first-order chi connectivity index (χ1) is 9.18. The van der Waals surface area contributed by atoms with Gasteiger partial charge in [0.05, 0.1) is 6.07 Å². The zero-order valence-electron chi connectivity index (χ0n) is 12.8. The van der Waals surface area contributed by atoms with E-state index in [1.165, 1.54) is 44.9 Å². The van der Waals surface area contributed by atoms with Crippen LogP contribution in [-0.2, 0) is 4.79 Å². The summed E-state index contributed by atoms with van der Waals surface area (Å²) >= 11 is 0. The van der Waals surface area contributed by atoms with Crippen LogP contribution in [0.25, 0.3) is 0 Å². The van der Waals surface area contributed by atoms with E-state index in [2.05, 4.69) is 6.92 Å². The monoisotopic (exact) mass is 269 g/mol. The van der Waals surface area contributed by atoms with E-state index in [1.54, 1.807) is 0 Å². The van der Waals surface area contributed by atoms with Gasteiger partial charge in [-0.3, -0.25) is 4.79 Å². The van der Waals surface area contributed by atoms with Crippen molar-refractivity contribution < 1.29 is 9.90 Å². The number of nitrogens with zero attached hydrogens (tertiary/aromatic N) is 1. The number of hydrogen-bond donors (Lipinski definition) is 1. The SMILES string of the molecule is CCCC#N.CCCCCCCCCCCC(=O)O. The Labute approximate surface area is 119 Å². The van der Waals surface area contributed by atoms with E-state index in [9.17, 15) is 4.79 Å². The molecule has 0 fully saturated rings. The van der Waals surface area contributed by atoms with Gasteiger partial charge in [0.2, 0.25) is 0 Å². The Balaban J connectivity index is 0. The molecule has 0 bridgehead atoms. The van der Waals surface area contributed by atoms with Crippen LogP contribution in [0.4, 0.5) is 0 Å². The summed E-state index contributed by atoms with van der Waals surface area (Å²) in [5.41, 5.74) is 0. The van der Waals surface area contributed by atoms with Crippen LogP contribution >= 0.6 is 0 Å². The molecule has 0 spiro atoms. The van der Waals surface area contributed by atoms with Crippen LogP contribution in [0, 0.1) is 11.3 Å². The maximum Gasteiger partial charge on any atom is 0.303 e. The summed E-state index contributed by atoms with van der Waals surface area (Å²) in [5, 5.41) is 16.2. The molecule has 0 aromatic rings. The molecular formula is C16H31NO2.